The number of nitrogens with zero attached hydrogens (tertiary/aromatic N) is 4. The molecule has 2 heterocycles. The summed E-state index contributed by atoms with van der Waals surface area (Å²) in [6, 6.07) is 4.59. The van der Waals surface area contributed by atoms with E-state index in [1.807, 2.05) is 0 Å². The summed E-state index contributed by atoms with van der Waals surface area (Å²) in [5, 5.41) is 4.13. The van der Waals surface area contributed by atoms with E-state index in [2.05, 4.69) is 10.1 Å². The van der Waals surface area contributed by atoms with Gasteiger partial charge in [0.05, 0.1) is 24.0 Å². The van der Waals surface area contributed by atoms with Crippen LogP contribution in [0.4, 0.5) is 13.2 Å². The fourth-order valence-corrected chi connectivity index (χ4v) is 2.46. The molecule has 3 rings (SSSR count). The highest BCUT2D eigenvalue weighted by atomic mass is 19.4. The second kappa shape index (κ2) is 6.33. The molecule has 0 fully saturated rings. The standard InChI is InChI=1S/C18H17F3N4O2/c1-17(2,3)14(26)9-24-10-22-15-13(16(24)27)8-23-25(15)12-6-4-5-11(7-12)18(19,20)21/h4-8,10H,9H2,1-3H3. The lowest BCUT2D eigenvalue weighted by atomic mass is 9.91. The first-order valence-corrected chi connectivity index (χ1v) is 8.12. The van der Waals surface area contributed by atoms with E-state index in [9.17, 15) is 22.8 Å². The van der Waals surface area contributed by atoms with Gasteiger partial charge in [-0.05, 0) is 18.2 Å². The maximum atomic E-state index is 12.9. The number of hydrogen-bond acceptors (Lipinski definition) is 4. The van der Waals surface area contributed by atoms with Crippen molar-refractivity contribution < 1.29 is 18.0 Å². The van der Waals surface area contributed by atoms with Crippen LogP contribution in [0.15, 0.2) is 41.6 Å². The highest BCUT2D eigenvalue weighted by molar-refractivity contribution is 5.84. The number of rotatable bonds is 3. The highest BCUT2D eigenvalue weighted by Crippen LogP contribution is 2.30. The van der Waals surface area contributed by atoms with Crippen molar-refractivity contribution in [3.63, 3.8) is 0 Å². The number of carbonyl (C=O) groups is 1. The number of ketones is 1. The van der Waals surface area contributed by atoms with Crippen LogP contribution in [-0.4, -0.2) is 25.1 Å². The van der Waals surface area contributed by atoms with Gasteiger partial charge in [-0.25, -0.2) is 9.67 Å². The van der Waals surface area contributed by atoms with Gasteiger partial charge in [0, 0.05) is 5.41 Å². The molecule has 27 heavy (non-hydrogen) atoms. The van der Waals surface area contributed by atoms with Crippen LogP contribution in [0.2, 0.25) is 0 Å². The summed E-state index contributed by atoms with van der Waals surface area (Å²) >= 11 is 0. The van der Waals surface area contributed by atoms with Crippen LogP contribution in [0, 0.1) is 5.41 Å². The van der Waals surface area contributed by atoms with Crippen molar-refractivity contribution in [3.05, 3.63) is 52.7 Å². The van der Waals surface area contributed by atoms with Crippen LogP contribution in [0.25, 0.3) is 16.7 Å². The average molecular weight is 378 g/mol. The zero-order chi connectivity index (χ0) is 20.0. The first-order chi connectivity index (χ1) is 12.5. The zero-order valence-electron chi connectivity index (χ0n) is 14.9. The molecule has 0 unspecified atom stereocenters. The molecule has 0 aliphatic heterocycles. The summed E-state index contributed by atoms with van der Waals surface area (Å²) in [4.78, 5) is 28.9. The van der Waals surface area contributed by atoms with Gasteiger partial charge < -0.3 is 0 Å². The number of fused-ring (bicyclic) bond motifs is 1. The van der Waals surface area contributed by atoms with Crippen LogP contribution in [0.5, 0.6) is 0 Å². The summed E-state index contributed by atoms with van der Waals surface area (Å²) in [7, 11) is 0. The summed E-state index contributed by atoms with van der Waals surface area (Å²) in [5.41, 5.74) is -1.66. The minimum absolute atomic E-state index is 0.122. The third kappa shape index (κ3) is 3.62. The number of benzene rings is 1. The topological polar surface area (TPSA) is 69.8 Å². The van der Waals surface area contributed by atoms with Gasteiger partial charge in [-0.15, -0.1) is 0 Å². The second-order valence-corrected chi connectivity index (χ2v) is 7.19. The Hall–Kier alpha value is -2.97. The van der Waals surface area contributed by atoms with Crippen molar-refractivity contribution in [2.24, 2.45) is 5.41 Å². The quantitative estimate of drug-likeness (QED) is 0.702. The molecule has 2 aromatic heterocycles. The molecule has 0 saturated heterocycles. The fourth-order valence-electron chi connectivity index (χ4n) is 2.46. The van der Waals surface area contributed by atoms with E-state index in [4.69, 9.17) is 0 Å². The molecule has 0 atom stereocenters. The molecule has 142 valence electrons. The van der Waals surface area contributed by atoms with E-state index in [1.54, 1.807) is 20.8 Å². The van der Waals surface area contributed by atoms with Crippen LogP contribution in [0.1, 0.15) is 26.3 Å². The van der Waals surface area contributed by atoms with Gasteiger partial charge in [-0.2, -0.15) is 18.3 Å². The van der Waals surface area contributed by atoms with Crippen LogP contribution in [0.3, 0.4) is 0 Å². The first kappa shape index (κ1) is 18.8. The third-order valence-corrected chi connectivity index (χ3v) is 4.12. The molecule has 1 aromatic carbocycles. The smallest absolute Gasteiger partial charge is 0.297 e. The third-order valence-electron chi connectivity index (χ3n) is 4.12. The van der Waals surface area contributed by atoms with E-state index < -0.39 is 22.7 Å². The van der Waals surface area contributed by atoms with Gasteiger partial charge in [-0.3, -0.25) is 14.2 Å². The Labute approximate surface area is 152 Å². The monoisotopic (exact) mass is 378 g/mol. The molecular formula is C18H17F3N4O2. The first-order valence-electron chi connectivity index (χ1n) is 8.12. The number of carbonyl (C=O) groups excluding carboxylic acids is 1. The molecule has 0 saturated carbocycles. The van der Waals surface area contributed by atoms with Crippen molar-refractivity contribution in [3.8, 4) is 5.69 Å². The van der Waals surface area contributed by atoms with Crippen LogP contribution < -0.4 is 5.56 Å². The Morgan fingerprint density at radius 2 is 1.89 bits per heavy atom. The number of halogens is 3. The molecule has 6 nitrogen and oxygen atoms in total. The van der Waals surface area contributed by atoms with Crippen molar-refractivity contribution in [1.82, 2.24) is 19.3 Å². The number of hydrogen-bond donors (Lipinski definition) is 0. The van der Waals surface area contributed by atoms with Gasteiger partial charge >= 0.3 is 6.18 Å². The summed E-state index contributed by atoms with van der Waals surface area (Å²) in [6.07, 6.45) is -2.05. The van der Waals surface area contributed by atoms with Gasteiger partial charge in [0.15, 0.2) is 11.4 Å². The summed E-state index contributed by atoms with van der Waals surface area (Å²) in [6.45, 7) is 5.11. The lowest BCUT2D eigenvalue weighted by molar-refractivity contribution is -0.137. The normalized spacial score (nSPS) is 12.5. The molecule has 0 N–H and O–H groups in total. The summed E-state index contributed by atoms with van der Waals surface area (Å²) < 4.78 is 41.1. The number of aromatic nitrogens is 4. The fraction of sp³-hybridized carbons (Fsp3) is 0.333. The van der Waals surface area contributed by atoms with Gasteiger partial charge in [-0.1, -0.05) is 26.8 Å². The van der Waals surface area contributed by atoms with Gasteiger partial charge in [0.2, 0.25) is 0 Å². The number of Topliss-reactive ketones (excluding diaryl/α,β-unsaturated/α-hetero) is 1. The van der Waals surface area contributed by atoms with Crippen LogP contribution in [-0.2, 0) is 17.5 Å². The predicted molar refractivity (Wildman–Crippen MR) is 92.6 cm³/mol. The largest absolute Gasteiger partial charge is 0.416 e. The van der Waals surface area contributed by atoms with E-state index in [0.29, 0.717) is 0 Å². The summed E-state index contributed by atoms with van der Waals surface area (Å²) in [5.74, 6) is -0.143. The Bertz CT molecular complexity index is 1070. The van der Waals surface area contributed by atoms with Crippen molar-refractivity contribution >= 4 is 16.8 Å². The zero-order valence-corrected chi connectivity index (χ0v) is 14.9. The molecule has 0 aliphatic carbocycles. The maximum Gasteiger partial charge on any atom is 0.416 e. The molecule has 0 aliphatic rings. The molecular weight excluding hydrogens is 361 g/mol. The molecule has 0 amide bonds. The van der Waals surface area contributed by atoms with Crippen molar-refractivity contribution in [1.29, 1.82) is 0 Å². The minimum Gasteiger partial charge on any atom is -0.297 e. The van der Waals surface area contributed by atoms with E-state index in [0.717, 1.165) is 12.1 Å². The van der Waals surface area contributed by atoms with Gasteiger partial charge in [0.25, 0.3) is 5.56 Å². The molecule has 3 aromatic rings. The molecule has 0 spiro atoms. The Balaban J connectivity index is 2.06. The predicted octanol–water partition coefficient (Wildman–Crippen LogP) is 3.22. The Morgan fingerprint density at radius 3 is 2.52 bits per heavy atom. The Kier molecular flexibility index (Phi) is 4.41. The Morgan fingerprint density at radius 1 is 1.19 bits per heavy atom. The molecule has 0 bridgehead atoms. The minimum atomic E-state index is -4.49. The van der Waals surface area contributed by atoms with Crippen molar-refractivity contribution in [2.45, 2.75) is 33.5 Å². The second-order valence-electron chi connectivity index (χ2n) is 7.19. The lowest BCUT2D eigenvalue weighted by Crippen LogP contribution is -2.30. The molecule has 0 radical (unpaired) electrons. The van der Waals surface area contributed by atoms with E-state index >= 15 is 0 Å². The van der Waals surface area contributed by atoms with Crippen molar-refractivity contribution in [2.75, 3.05) is 0 Å². The molecule has 9 heteroatoms. The van der Waals surface area contributed by atoms with Gasteiger partial charge in [0.1, 0.15) is 11.7 Å². The highest BCUT2D eigenvalue weighted by Gasteiger charge is 2.30. The van der Waals surface area contributed by atoms with Crippen LogP contribution >= 0.6 is 0 Å². The lowest BCUT2D eigenvalue weighted by Gasteiger charge is -2.17. The maximum absolute atomic E-state index is 12.9. The number of alkyl halides is 3. The SMILES string of the molecule is CC(C)(C)C(=O)Cn1cnc2c(cnn2-c2cccc(C(F)(F)F)c2)c1=O. The van der Waals surface area contributed by atoms with E-state index in [1.165, 1.54) is 33.9 Å². The average Bonchev–Trinajstić information content (AvgIpc) is 3.00. The van der Waals surface area contributed by atoms with E-state index in [-0.39, 0.29) is 29.0 Å².